The Bertz CT molecular complexity index is 405. The predicted molar refractivity (Wildman–Crippen MR) is 61.9 cm³/mol. The Kier molecular flexibility index (Phi) is 4.59. The van der Waals surface area contributed by atoms with Crippen LogP contribution in [-0.4, -0.2) is 17.8 Å². The molecule has 0 bridgehead atoms. The number of halogens is 3. The first-order valence-electron chi connectivity index (χ1n) is 5.48. The van der Waals surface area contributed by atoms with E-state index in [4.69, 9.17) is 10.5 Å². The Morgan fingerprint density at radius 3 is 2.44 bits per heavy atom. The maximum atomic E-state index is 12.5. The molecule has 1 unspecified atom stereocenters. The Labute approximate surface area is 103 Å². The summed E-state index contributed by atoms with van der Waals surface area (Å²) in [7, 11) is 0. The highest BCUT2D eigenvalue weighted by Crippen LogP contribution is 2.33. The molecule has 0 fully saturated rings. The van der Waals surface area contributed by atoms with Crippen molar-refractivity contribution in [1.29, 1.82) is 0 Å². The van der Waals surface area contributed by atoms with Gasteiger partial charge in [0, 0.05) is 11.3 Å². The number of benzene rings is 1. The summed E-state index contributed by atoms with van der Waals surface area (Å²) in [5.74, 6) is 0. The van der Waals surface area contributed by atoms with Gasteiger partial charge in [-0.25, -0.2) is 0 Å². The third-order valence-electron chi connectivity index (χ3n) is 2.36. The van der Waals surface area contributed by atoms with Crippen molar-refractivity contribution in [3.8, 4) is 0 Å². The van der Waals surface area contributed by atoms with Crippen molar-refractivity contribution in [2.24, 2.45) is 0 Å². The number of anilines is 1. The van der Waals surface area contributed by atoms with Crippen LogP contribution in [0.4, 0.5) is 18.9 Å². The van der Waals surface area contributed by atoms with E-state index in [1.807, 2.05) is 0 Å². The molecule has 1 atom stereocenters. The third kappa shape index (κ3) is 3.89. The topological polar surface area (TPSA) is 55.5 Å². The number of rotatable bonds is 4. The lowest BCUT2D eigenvalue weighted by Gasteiger charge is -2.17. The van der Waals surface area contributed by atoms with Crippen molar-refractivity contribution >= 4 is 5.69 Å². The average Bonchev–Trinajstić information content (AvgIpc) is 2.24. The van der Waals surface area contributed by atoms with Crippen molar-refractivity contribution < 1.29 is 23.0 Å². The number of aliphatic hydroxyl groups is 1. The van der Waals surface area contributed by atoms with E-state index in [0.29, 0.717) is 0 Å². The number of ether oxygens (including phenoxy) is 1. The molecule has 3 N–H and O–H groups in total. The highest BCUT2D eigenvalue weighted by molar-refractivity contribution is 5.50. The number of hydrogen-bond donors (Lipinski definition) is 2. The van der Waals surface area contributed by atoms with Crippen LogP contribution in [0, 0.1) is 0 Å². The Hall–Kier alpha value is -1.27. The Morgan fingerprint density at radius 1 is 1.33 bits per heavy atom. The van der Waals surface area contributed by atoms with Gasteiger partial charge in [-0.3, -0.25) is 0 Å². The first kappa shape index (κ1) is 14.8. The molecule has 1 aromatic carbocycles. The van der Waals surface area contributed by atoms with Crippen LogP contribution in [0.3, 0.4) is 0 Å². The van der Waals surface area contributed by atoms with Gasteiger partial charge in [-0.15, -0.1) is 0 Å². The molecule has 102 valence electrons. The van der Waals surface area contributed by atoms with Gasteiger partial charge >= 0.3 is 6.18 Å². The molecule has 0 saturated carbocycles. The second-order valence-corrected chi connectivity index (χ2v) is 4.24. The normalized spacial score (nSPS) is 13.9. The number of nitrogen functional groups attached to an aromatic ring is 1. The highest BCUT2D eigenvalue weighted by atomic mass is 19.4. The second kappa shape index (κ2) is 5.58. The van der Waals surface area contributed by atoms with Crippen LogP contribution in [0.15, 0.2) is 18.2 Å². The summed E-state index contributed by atoms with van der Waals surface area (Å²) in [6, 6.07) is 2.87. The van der Waals surface area contributed by atoms with Crippen molar-refractivity contribution in [2.75, 3.05) is 12.3 Å². The Morgan fingerprint density at radius 2 is 1.94 bits per heavy atom. The van der Waals surface area contributed by atoms with E-state index in [2.05, 4.69) is 0 Å². The average molecular weight is 263 g/mol. The summed E-state index contributed by atoms with van der Waals surface area (Å²) in [5.41, 5.74) is 4.87. The standard InChI is InChI=1S/C12H16F3NO2/c1-7(2)18-6-11(17)9-5-8(12(13,14)15)3-4-10(9)16/h3-5,7,11,17H,6,16H2,1-2H3. The molecule has 0 spiro atoms. The predicted octanol–water partition coefficient (Wildman–Crippen LogP) is 2.75. The zero-order chi connectivity index (χ0) is 13.9. The van der Waals surface area contributed by atoms with Crippen molar-refractivity contribution in [1.82, 2.24) is 0 Å². The zero-order valence-corrected chi connectivity index (χ0v) is 10.2. The van der Waals surface area contributed by atoms with E-state index in [9.17, 15) is 18.3 Å². The Balaban J connectivity index is 2.93. The molecule has 0 aliphatic rings. The lowest BCUT2D eigenvalue weighted by atomic mass is 10.0. The maximum absolute atomic E-state index is 12.5. The fraction of sp³-hybridized carbons (Fsp3) is 0.500. The molecule has 0 aromatic heterocycles. The molecule has 0 radical (unpaired) electrons. The summed E-state index contributed by atoms with van der Waals surface area (Å²) < 4.78 is 42.7. The van der Waals surface area contributed by atoms with E-state index in [1.165, 1.54) is 0 Å². The molecule has 0 heterocycles. The number of alkyl halides is 3. The molecule has 3 nitrogen and oxygen atoms in total. The fourth-order valence-electron chi connectivity index (χ4n) is 1.41. The van der Waals surface area contributed by atoms with Gasteiger partial charge in [0.25, 0.3) is 0 Å². The molecular formula is C12H16F3NO2. The monoisotopic (exact) mass is 263 g/mol. The van der Waals surface area contributed by atoms with Gasteiger partial charge in [0.1, 0.15) is 6.10 Å². The van der Waals surface area contributed by atoms with Crippen molar-refractivity contribution in [3.63, 3.8) is 0 Å². The van der Waals surface area contributed by atoms with Crippen LogP contribution in [0.1, 0.15) is 31.1 Å². The molecule has 6 heteroatoms. The van der Waals surface area contributed by atoms with Gasteiger partial charge in [0.15, 0.2) is 0 Å². The number of aliphatic hydroxyl groups excluding tert-OH is 1. The minimum Gasteiger partial charge on any atom is -0.398 e. The quantitative estimate of drug-likeness (QED) is 0.821. The first-order valence-corrected chi connectivity index (χ1v) is 5.48. The molecule has 1 rings (SSSR count). The van der Waals surface area contributed by atoms with E-state index in [1.54, 1.807) is 13.8 Å². The largest absolute Gasteiger partial charge is 0.416 e. The molecule has 0 aliphatic carbocycles. The fourth-order valence-corrected chi connectivity index (χ4v) is 1.41. The van der Waals surface area contributed by atoms with Crippen molar-refractivity contribution in [3.05, 3.63) is 29.3 Å². The minimum atomic E-state index is -4.46. The van der Waals surface area contributed by atoms with Gasteiger partial charge < -0.3 is 15.6 Å². The van der Waals surface area contributed by atoms with E-state index in [0.717, 1.165) is 18.2 Å². The van der Waals surface area contributed by atoms with Gasteiger partial charge in [0.05, 0.1) is 18.3 Å². The van der Waals surface area contributed by atoms with E-state index >= 15 is 0 Å². The van der Waals surface area contributed by atoms with Gasteiger partial charge in [0.2, 0.25) is 0 Å². The van der Waals surface area contributed by atoms with Crippen LogP contribution in [0.25, 0.3) is 0 Å². The summed E-state index contributed by atoms with van der Waals surface area (Å²) in [4.78, 5) is 0. The molecular weight excluding hydrogens is 247 g/mol. The lowest BCUT2D eigenvalue weighted by Crippen LogP contribution is -2.15. The van der Waals surface area contributed by atoms with Crippen LogP contribution in [0.5, 0.6) is 0 Å². The SMILES string of the molecule is CC(C)OCC(O)c1cc(C(F)(F)F)ccc1N. The van der Waals surface area contributed by atoms with E-state index in [-0.39, 0.29) is 24.0 Å². The van der Waals surface area contributed by atoms with Crippen LogP contribution in [-0.2, 0) is 10.9 Å². The zero-order valence-electron chi connectivity index (χ0n) is 10.2. The highest BCUT2D eigenvalue weighted by Gasteiger charge is 2.31. The first-order chi connectivity index (χ1) is 8.21. The van der Waals surface area contributed by atoms with Crippen LogP contribution >= 0.6 is 0 Å². The summed E-state index contributed by atoms with van der Waals surface area (Å²) in [6.07, 6.45) is -5.75. The van der Waals surface area contributed by atoms with Gasteiger partial charge in [-0.2, -0.15) is 13.2 Å². The van der Waals surface area contributed by atoms with E-state index < -0.39 is 17.8 Å². The second-order valence-electron chi connectivity index (χ2n) is 4.24. The summed E-state index contributed by atoms with van der Waals surface area (Å²) >= 11 is 0. The van der Waals surface area contributed by atoms with Crippen molar-refractivity contribution in [2.45, 2.75) is 32.2 Å². The number of hydrogen-bond acceptors (Lipinski definition) is 3. The smallest absolute Gasteiger partial charge is 0.398 e. The minimum absolute atomic E-state index is 0.0328. The third-order valence-corrected chi connectivity index (χ3v) is 2.36. The molecule has 0 aliphatic heterocycles. The molecule has 18 heavy (non-hydrogen) atoms. The molecule has 0 saturated heterocycles. The van der Waals surface area contributed by atoms with Gasteiger partial charge in [-0.05, 0) is 32.0 Å². The lowest BCUT2D eigenvalue weighted by molar-refractivity contribution is -0.137. The molecule has 0 amide bonds. The number of nitrogens with two attached hydrogens (primary N) is 1. The summed E-state index contributed by atoms with van der Waals surface area (Å²) in [6.45, 7) is 3.44. The summed E-state index contributed by atoms with van der Waals surface area (Å²) in [5, 5.41) is 9.77. The maximum Gasteiger partial charge on any atom is 0.416 e. The van der Waals surface area contributed by atoms with Gasteiger partial charge in [-0.1, -0.05) is 0 Å². The van der Waals surface area contributed by atoms with Crippen LogP contribution in [0.2, 0.25) is 0 Å². The molecule has 1 aromatic rings. The van der Waals surface area contributed by atoms with Crippen LogP contribution < -0.4 is 5.73 Å².